The van der Waals surface area contributed by atoms with Crippen molar-refractivity contribution >= 4 is 0 Å². The topological polar surface area (TPSA) is 127 Å². The Morgan fingerprint density at radius 1 is 1.38 bits per heavy atom. The van der Waals surface area contributed by atoms with Crippen LogP contribution in [0.2, 0.25) is 0 Å². The van der Waals surface area contributed by atoms with Gasteiger partial charge in [-0.2, -0.15) is 0 Å². The van der Waals surface area contributed by atoms with Gasteiger partial charge in [0.2, 0.25) is 0 Å². The molecular weight excluding hydrogens is 220 g/mol. The SMILES string of the molecule is O=[N+]([O-])C1C=C(CO)C=CC1(CO)[N+](=O)[O-]. The van der Waals surface area contributed by atoms with Gasteiger partial charge in [-0.25, -0.2) is 0 Å². The van der Waals surface area contributed by atoms with E-state index in [9.17, 15) is 20.2 Å². The van der Waals surface area contributed by atoms with Gasteiger partial charge in [0.05, 0.1) is 6.61 Å². The Morgan fingerprint density at radius 3 is 2.38 bits per heavy atom. The molecule has 0 aromatic rings. The van der Waals surface area contributed by atoms with Gasteiger partial charge in [0.1, 0.15) is 6.61 Å². The van der Waals surface area contributed by atoms with E-state index in [0.29, 0.717) is 0 Å². The third-order valence-corrected chi connectivity index (χ3v) is 2.47. The van der Waals surface area contributed by atoms with Crippen LogP contribution in [0.5, 0.6) is 0 Å². The maximum Gasteiger partial charge on any atom is 0.332 e. The lowest BCUT2D eigenvalue weighted by atomic mass is 9.85. The first kappa shape index (κ1) is 12.3. The zero-order chi connectivity index (χ0) is 12.3. The smallest absolute Gasteiger partial charge is 0.332 e. The van der Waals surface area contributed by atoms with E-state index in [1.54, 1.807) is 0 Å². The van der Waals surface area contributed by atoms with Crippen molar-refractivity contribution in [1.29, 1.82) is 0 Å². The summed E-state index contributed by atoms with van der Waals surface area (Å²) < 4.78 is 0. The molecule has 0 spiro atoms. The molecule has 8 nitrogen and oxygen atoms in total. The number of nitro groups is 2. The molecule has 88 valence electrons. The number of hydrogen-bond donors (Lipinski definition) is 2. The quantitative estimate of drug-likeness (QED) is 0.477. The second-order valence-electron chi connectivity index (χ2n) is 3.37. The van der Waals surface area contributed by atoms with E-state index in [4.69, 9.17) is 10.2 Å². The van der Waals surface area contributed by atoms with Crippen LogP contribution in [0, 0.1) is 20.2 Å². The highest BCUT2D eigenvalue weighted by atomic mass is 16.6. The van der Waals surface area contributed by atoms with Gasteiger partial charge >= 0.3 is 11.6 Å². The summed E-state index contributed by atoms with van der Waals surface area (Å²) in [6.45, 7) is -1.42. The summed E-state index contributed by atoms with van der Waals surface area (Å²) in [5.41, 5.74) is -1.94. The summed E-state index contributed by atoms with van der Waals surface area (Å²) >= 11 is 0. The Balaban J connectivity index is 3.21. The highest BCUT2D eigenvalue weighted by Crippen LogP contribution is 2.26. The molecule has 0 radical (unpaired) electrons. The molecule has 0 aromatic heterocycles. The van der Waals surface area contributed by atoms with Crippen LogP contribution in [-0.2, 0) is 0 Å². The van der Waals surface area contributed by atoms with E-state index in [-0.39, 0.29) is 5.57 Å². The fourth-order valence-electron chi connectivity index (χ4n) is 1.47. The number of hydrogen-bond acceptors (Lipinski definition) is 6. The maximum absolute atomic E-state index is 10.8. The average Bonchev–Trinajstić information content (AvgIpc) is 2.27. The zero-order valence-corrected chi connectivity index (χ0v) is 8.15. The highest BCUT2D eigenvalue weighted by molar-refractivity contribution is 5.31. The molecule has 2 N–H and O–H groups in total. The van der Waals surface area contributed by atoms with Crippen LogP contribution in [0.3, 0.4) is 0 Å². The van der Waals surface area contributed by atoms with Gasteiger partial charge in [0, 0.05) is 22.0 Å². The zero-order valence-electron chi connectivity index (χ0n) is 8.15. The van der Waals surface area contributed by atoms with E-state index in [0.717, 1.165) is 12.2 Å². The van der Waals surface area contributed by atoms with Gasteiger partial charge in [-0.3, -0.25) is 20.2 Å². The van der Waals surface area contributed by atoms with Crippen molar-refractivity contribution in [1.82, 2.24) is 0 Å². The number of aliphatic hydroxyl groups excluding tert-OH is 2. The van der Waals surface area contributed by atoms with Crippen molar-refractivity contribution in [3.63, 3.8) is 0 Å². The molecular formula is C8H10N2O6. The Morgan fingerprint density at radius 2 is 2.00 bits per heavy atom. The minimum Gasteiger partial charge on any atom is -0.392 e. The molecule has 0 aromatic carbocycles. The fourth-order valence-corrected chi connectivity index (χ4v) is 1.47. The standard InChI is InChI=1S/C8H10N2O6/c11-4-6-1-2-8(5-12,10(15)16)7(3-6)9(13)14/h1-3,7,11-12H,4-5H2. The van der Waals surface area contributed by atoms with Crippen molar-refractivity contribution in [2.24, 2.45) is 0 Å². The molecule has 0 fully saturated rings. The molecule has 1 rings (SSSR count). The van der Waals surface area contributed by atoms with Gasteiger partial charge in [0.15, 0.2) is 0 Å². The van der Waals surface area contributed by atoms with E-state index >= 15 is 0 Å². The number of nitrogens with zero attached hydrogens (tertiary/aromatic N) is 2. The molecule has 2 atom stereocenters. The second kappa shape index (κ2) is 4.37. The third-order valence-electron chi connectivity index (χ3n) is 2.47. The first-order valence-corrected chi connectivity index (χ1v) is 4.37. The van der Waals surface area contributed by atoms with E-state index in [2.05, 4.69) is 0 Å². The van der Waals surface area contributed by atoms with E-state index in [1.165, 1.54) is 6.08 Å². The second-order valence-corrected chi connectivity index (χ2v) is 3.37. The van der Waals surface area contributed by atoms with Crippen LogP contribution in [0.15, 0.2) is 23.8 Å². The molecule has 1 aliphatic rings. The Labute approximate surface area is 89.8 Å². The molecule has 0 heterocycles. The van der Waals surface area contributed by atoms with Gasteiger partial charge in [0.25, 0.3) is 0 Å². The van der Waals surface area contributed by atoms with Crippen LogP contribution in [0.1, 0.15) is 0 Å². The molecule has 0 bridgehead atoms. The van der Waals surface area contributed by atoms with Gasteiger partial charge < -0.3 is 10.2 Å². The molecule has 0 saturated carbocycles. The molecule has 0 saturated heterocycles. The average molecular weight is 230 g/mol. The predicted octanol–water partition coefficient (Wildman–Crippen LogP) is -0.872. The first-order chi connectivity index (χ1) is 7.47. The Hall–Kier alpha value is -1.80. The minimum absolute atomic E-state index is 0.215. The van der Waals surface area contributed by atoms with Crippen LogP contribution < -0.4 is 0 Å². The lowest BCUT2D eigenvalue weighted by molar-refractivity contribution is -0.636. The third kappa shape index (κ3) is 1.79. The first-order valence-electron chi connectivity index (χ1n) is 4.37. The minimum atomic E-state index is -2.15. The monoisotopic (exact) mass is 230 g/mol. The van der Waals surface area contributed by atoms with Crippen LogP contribution >= 0.6 is 0 Å². The van der Waals surface area contributed by atoms with Gasteiger partial charge in [-0.15, -0.1) is 0 Å². The molecule has 16 heavy (non-hydrogen) atoms. The number of aliphatic hydroxyl groups is 2. The Bertz CT molecular complexity index is 377. The molecule has 1 aliphatic carbocycles. The van der Waals surface area contributed by atoms with Crippen LogP contribution in [0.4, 0.5) is 0 Å². The summed E-state index contributed by atoms with van der Waals surface area (Å²) in [6, 6.07) is -1.68. The fraction of sp³-hybridized carbons (Fsp3) is 0.500. The van der Waals surface area contributed by atoms with E-state index < -0.39 is 34.6 Å². The number of rotatable bonds is 4. The molecule has 0 aliphatic heterocycles. The van der Waals surface area contributed by atoms with Gasteiger partial charge in [-0.1, -0.05) is 6.08 Å². The van der Waals surface area contributed by atoms with Crippen molar-refractivity contribution < 1.29 is 20.1 Å². The largest absolute Gasteiger partial charge is 0.392 e. The lowest BCUT2D eigenvalue weighted by Crippen LogP contribution is -2.54. The summed E-state index contributed by atoms with van der Waals surface area (Å²) in [5.74, 6) is 0. The summed E-state index contributed by atoms with van der Waals surface area (Å²) in [7, 11) is 0. The maximum atomic E-state index is 10.8. The summed E-state index contributed by atoms with van der Waals surface area (Å²) in [6.07, 6.45) is 3.14. The van der Waals surface area contributed by atoms with Crippen molar-refractivity contribution in [3.05, 3.63) is 44.0 Å². The van der Waals surface area contributed by atoms with E-state index in [1.807, 2.05) is 0 Å². The van der Waals surface area contributed by atoms with Crippen LogP contribution in [0.25, 0.3) is 0 Å². The Kier molecular flexibility index (Phi) is 3.35. The predicted molar refractivity (Wildman–Crippen MR) is 51.9 cm³/mol. The van der Waals surface area contributed by atoms with Crippen molar-refractivity contribution in [2.75, 3.05) is 13.2 Å². The van der Waals surface area contributed by atoms with Crippen molar-refractivity contribution in [2.45, 2.75) is 11.6 Å². The lowest BCUT2D eigenvalue weighted by Gasteiger charge is -2.24. The van der Waals surface area contributed by atoms with Gasteiger partial charge in [-0.05, 0) is 5.57 Å². The van der Waals surface area contributed by atoms with Crippen molar-refractivity contribution in [3.8, 4) is 0 Å². The molecule has 2 unspecified atom stereocenters. The summed E-state index contributed by atoms with van der Waals surface area (Å²) in [5, 5.41) is 39.3. The molecule has 0 amide bonds. The normalized spacial score (nSPS) is 28.6. The summed E-state index contributed by atoms with van der Waals surface area (Å²) in [4.78, 5) is 19.8. The molecule has 8 heteroatoms. The highest BCUT2D eigenvalue weighted by Gasteiger charge is 2.56. The van der Waals surface area contributed by atoms with Crippen LogP contribution in [-0.4, -0.2) is 44.9 Å².